The maximum Gasteiger partial charge on any atom is 0.270 e. The molecule has 1 aliphatic carbocycles. The van der Waals surface area contributed by atoms with Gasteiger partial charge in [0.2, 0.25) is 0 Å². The zero-order chi connectivity index (χ0) is 27.1. The number of nitrogens with zero attached hydrogens (tertiary/aromatic N) is 1. The number of hydrogen-bond acceptors (Lipinski definition) is 7. The van der Waals surface area contributed by atoms with E-state index in [-0.39, 0.29) is 23.9 Å². The van der Waals surface area contributed by atoms with Crippen molar-refractivity contribution < 1.29 is 23.8 Å². The highest BCUT2D eigenvalue weighted by Gasteiger charge is 2.25. The Morgan fingerprint density at radius 1 is 0.895 bits per heavy atom. The fraction of sp³-hybridized carbons (Fsp3) is 0.414. The van der Waals surface area contributed by atoms with E-state index in [9.17, 15) is 9.59 Å². The monoisotopic (exact) mass is 537 g/mol. The van der Waals surface area contributed by atoms with Crippen LogP contribution < -0.4 is 24.8 Å². The largest absolute Gasteiger partial charge is 0.497 e. The second-order valence-electron chi connectivity index (χ2n) is 9.74. The molecule has 0 radical (unpaired) electrons. The predicted octanol–water partition coefficient (Wildman–Crippen LogP) is 5.33. The molecule has 38 heavy (non-hydrogen) atoms. The average Bonchev–Trinajstić information content (AvgIpc) is 3.42. The first-order valence-electron chi connectivity index (χ1n) is 12.9. The van der Waals surface area contributed by atoms with E-state index in [1.165, 1.54) is 16.9 Å². The van der Waals surface area contributed by atoms with Crippen molar-refractivity contribution in [1.82, 2.24) is 15.6 Å². The van der Waals surface area contributed by atoms with Gasteiger partial charge in [-0.15, -0.1) is 11.3 Å². The SMILES string of the molecule is COc1cc(OC)cc(C(=O)NC2CCC(NC(=O)c3csc(COc4ccc(C(C)C)cc4)n3)CC2)c1. The Hall–Kier alpha value is -3.59. The summed E-state index contributed by atoms with van der Waals surface area (Å²) in [6.07, 6.45) is 3.13. The van der Waals surface area contributed by atoms with Crippen molar-refractivity contribution in [3.8, 4) is 17.2 Å². The molecule has 8 nitrogen and oxygen atoms in total. The van der Waals surface area contributed by atoms with Gasteiger partial charge in [-0.25, -0.2) is 4.98 Å². The van der Waals surface area contributed by atoms with E-state index in [2.05, 4.69) is 41.6 Å². The molecule has 0 saturated heterocycles. The van der Waals surface area contributed by atoms with Crippen LogP contribution in [-0.4, -0.2) is 43.1 Å². The molecule has 4 rings (SSSR count). The third-order valence-electron chi connectivity index (χ3n) is 6.70. The maximum absolute atomic E-state index is 12.8. The van der Waals surface area contributed by atoms with Crippen LogP contribution in [0.15, 0.2) is 47.8 Å². The van der Waals surface area contributed by atoms with Crippen LogP contribution in [0, 0.1) is 0 Å². The number of nitrogens with one attached hydrogen (secondary N) is 2. The molecule has 0 atom stereocenters. The van der Waals surface area contributed by atoms with Crippen molar-refractivity contribution in [2.24, 2.45) is 0 Å². The fourth-order valence-electron chi connectivity index (χ4n) is 4.42. The minimum atomic E-state index is -0.176. The van der Waals surface area contributed by atoms with Crippen LogP contribution in [0.5, 0.6) is 17.2 Å². The van der Waals surface area contributed by atoms with Crippen LogP contribution in [-0.2, 0) is 6.61 Å². The zero-order valence-corrected chi connectivity index (χ0v) is 23.1. The number of amides is 2. The summed E-state index contributed by atoms with van der Waals surface area (Å²) < 4.78 is 16.4. The Kier molecular flexibility index (Phi) is 9.23. The van der Waals surface area contributed by atoms with Crippen molar-refractivity contribution in [1.29, 1.82) is 0 Å². The normalized spacial score (nSPS) is 17.1. The Morgan fingerprint density at radius 3 is 2.03 bits per heavy atom. The minimum Gasteiger partial charge on any atom is -0.497 e. The summed E-state index contributed by atoms with van der Waals surface area (Å²) in [6, 6.07) is 13.3. The van der Waals surface area contributed by atoms with Crippen LogP contribution in [0.25, 0.3) is 0 Å². The summed E-state index contributed by atoms with van der Waals surface area (Å²) in [7, 11) is 3.11. The Balaban J connectivity index is 1.22. The second kappa shape index (κ2) is 12.8. The van der Waals surface area contributed by atoms with Crippen LogP contribution in [0.1, 0.15) is 76.9 Å². The summed E-state index contributed by atoms with van der Waals surface area (Å²) in [4.78, 5) is 30.0. The number of ether oxygens (including phenoxy) is 3. The summed E-state index contributed by atoms with van der Waals surface area (Å²) in [5, 5.41) is 8.71. The van der Waals surface area contributed by atoms with Crippen LogP contribution in [0.2, 0.25) is 0 Å². The van der Waals surface area contributed by atoms with Gasteiger partial charge in [0.1, 0.15) is 34.6 Å². The standard InChI is InChI=1S/C29H35N3O5S/c1-18(2)19-5-11-23(12-6-19)37-16-27-32-26(17-38-27)29(34)31-22-9-7-21(8-10-22)30-28(33)20-13-24(35-3)15-25(14-20)36-4/h5-6,11-15,17-18,21-22H,7-10,16H2,1-4H3,(H,30,33)(H,31,34). The van der Waals surface area contributed by atoms with Gasteiger partial charge in [0.05, 0.1) is 14.2 Å². The van der Waals surface area contributed by atoms with E-state index < -0.39 is 0 Å². The molecule has 1 aliphatic rings. The number of thiazole rings is 1. The number of aromatic nitrogens is 1. The van der Waals surface area contributed by atoms with E-state index in [0.717, 1.165) is 36.4 Å². The Morgan fingerprint density at radius 2 is 1.47 bits per heavy atom. The topological polar surface area (TPSA) is 98.8 Å². The van der Waals surface area contributed by atoms with Gasteiger partial charge >= 0.3 is 0 Å². The summed E-state index contributed by atoms with van der Waals surface area (Å²) in [5.41, 5.74) is 2.16. The molecule has 9 heteroatoms. The molecule has 202 valence electrons. The van der Waals surface area contributed by atoms with E-state index >= 15 is 0 Å². The smallest absolute Gasteiger partial charge is 0.270 e. The van der Waals surface area contributed by atoms with Crippen molar-refractivity contribution in [3.05, 3.63) is 69.7 Å². The van der Waals surface area contributed by atoms with Gasteiger partial charge in [-0.3, -0.25) is 9.59 Å². The third-order valence-corrected chi connectivity index (χ3v) is 7.53. The zero-order valence-electron chi connectivity index (χ0n) is 22.3. The molecular formula is C29H35N3O5S. The molecule has 0 spiro atoms. The maximum atomic E-state index is 12.8. The highest BCUT2D eigenvalue weighted by atomic mass is 32.1. The van der Waals surface area contributed by atoms with Crippen LogP contribution >= 0.6 is 11.3 Å². The minimum absolute atomic E-state index is 0.0467. The highest BCUT2D eigenvalue weighted by Crippen LogP contribution is 2.24. The molecular weight excluding hydrogens is 502 g/mol. The highest BCUT2D eigenvalue weighted by molar-refractivity contribution is 7.09. The number of carbonyl (C=O) groups is 2. The van der Waals surface area contributed by atoms with Crippen molar-refractivity contribution in [2.45, 2.75) is 64.1 Å². The lowest BCUT2D eigenvalue weighted by Crippen LogP contribution is -2.43. The lowest BCUT2D eigenvalue weighted by Gasteiger charge is -2.29. The van der Waals surface area contributed by atoms with Gasteiger partial charge in [-0.05, 0) is 61.4 Å². The van der Waals surface area contributed by atoms with E-state index in [1.54, 1.807) is 37.8 Å². The number of methoxy groups -OCH3 is 2. The van der Waals surface area contributed by atoms with Gasteiger partial charge in [0, 0.05) is 29.1 Å². The molecule has 1 aromatic heterocycles. The van der Waals surface area contributed by atoms with E-state index in [1.807, 2.05) is 12.1 Å². The molecule has 1 fully saturated rings. The molecule has 1 heterocycles. The van der Waals surface area contributed by atoms with Gasteiger partial charge in [0.25, 0.3) is 11.8 Å². The lowest BCUT2D eigenvalue weighted by molar-refractivity contribution is 0.0889. The van der Waals surface area contributed by atoms with Crippen molar-refractivity contribution >= 4 is 23.2 Å². The summed E-state index contributed by atoms with van der Waals surface area (Å²) in [5.74, 6) is 2.05. The predicted molar refractivity (Wildman–Crippen MR) is 147 cm³/mol. The third kappa shape index (κ3) is 7.25. The van der Waals surface area contributed by atoms with Gasteiger partial charge < -0.3 is 24.8 Å². The number of rotatable bonds is 10. The first-order valence-corrected chi connectivity index (χ1v) is 13.7. The molecule has 2 aromatic carbocycles. The Bertz CT molecular complexity index is 1210. The van der Waals surface area contributed by atoms with Gasteiger partial charge in [-0.2, -0.15) is 0 Å². The first kappa shape index (κ1) is 27.4. The second-order valence-corrected chi connectivity index (χ2v) is 10.7. The molecule has 1 saturated carbocycles. The fourth-order valence-corrected chi connectivity index (χ4v) is 5.11. The molecule has 0 bridgehead atoms. The summed E-state index contributed by atoms with van der Waals surface area (Å²) >= 11 is 1.42. The van der Waals surface area contributed by atoms with Gasteiger partial charge in [0.15, 0.2) is 0 Å². The van der Waals surface area contributed by atoms with Crippen LogP contribution in [0.3, 0.4) is 0 Å². The van der Waals surface area contributed by atoms with E-state index in [0.29, 0.717) is 35.3 Å². The van der Waals surface area contributed by atoms with Crippen molar-refractivity contribution in [2.75, 3.05) is 14.2 Å². The van der Waals surface area contributed by atoms with E-state index in [4.69, 9.17) is 14.2 Å². The molecule has 3 aromatic rings. The molecule has 2 N–H and O–H groups in total. The summed E-state index contributed by atoms with van der Waals surface area (Å²) in [6.45, 7) is 4.63. The molecule has 0 unspecified atom stereocenters. The lowest BCUT2D eigenvalue weighted by atomic mass is 9.91. The number of benzene rings is 2. The quantitative estimate of drug-likeness (QED) is 0.363. The first-order chi connectivity index (χ1) is 18.3. The van der Waals surface area contributed by atoms with Crippen LogP contribution in [0.4, 0.5) is 0 Å². The molecule has 2 amide bonds. The number of hydrogen-bond donors (Lipinski definition) is 2. The Labute approximate surface area is 227 Å². The average molecular weight is 538 g/mol. The van der Waals surface area contributed by atoms with Crippen molar-refractivity contribution in [3.63, 3.8) is 0 Å². The molecule has 0 aliphatic heterocycles. The number of carbonyl (C=O) groups excluding carboxylic acids is 2. The van der Waals surface area contributed by atoms with Gasteiger partial charge in [-0.1, -0.05) is 26.0 Å².